The van der Waals surface area contributed by atoms with Gasteiger partial charge in [0.2, 0.25) is 16.0 Å². The molecule has 0 unspecified atom stereocenters. The van der Waals surface area contributed by atoms with Crippen molar-refractivity contribution in [2.24, 2.45) is 5.92 Å². The molecule has 0 radical (unpaired) electrons. The van der Waals surface area contributed by atoms with Crippen molar-refractivity contribution in [2.45, 2.75) is 44.9 Å². The van der Waals surface area contributed by atoms with Gasteiger partial charge >= 0.3 is 0 Å². The van der Waals surface area contributed by atoms with Crippen LogP contribution in [0.15, 0.2) is 36.7 Å². The lowest BCUT2D eigenvalue weighted by Gasteiger charge is -2.34. The van der Waals surface area contributed by atoms with Crippen LogP contribution in [0.1, 0.15) is 49.7 Å². The Morgan fingerprint density at radius 3 is 2.12 bits per heavy atom. The summed E-state index contributed by atoms with van der Waals surface area (Å²) in [6, 6.07) is 8.89. The van der Waals surface area contributed by atoms with Crippen molar-refractivity contribution in [3.8, 4) is 0 Å². The molecule has 2 fully saturated rings. The third-order valence-corrected chi connectivity index (χ3v) is 8.56. The van der Waals surface area contributed by atoms with Crippen molar-refractivity contribution in [3.63, 3.8) is 0 Å². The normalized spacial score (nSPS) is 19.1. The molecule has 1 aromatic heterocycles. The van der Waals surface area contributed by atoms with E-state index in [1.54, 1.807) is 4.31 Å². The van der Waals surface area contributed by atoms with Crippen molar-refractivity contribution in [2.75, 3.05) is 55.8 Å². The minimum absolute atomic E-state index is 0.445. The van der Waals surface area contributed by atoms with E-state index in [1.807, 2.05) is 12.4 Å². The Morgan fingerprint density at radius 1 is 0.970 bits per heavy atom. The number of aromatic nitrogens is 2. The van der Waals surface area contributed by atoms with E-state index < -0.39 is 10.0 Å². The van der Waals surface area contributed by atoms with Crippen molar-refractivity contribution in [1.29, 1.82) is 0 Å². The molecule has 4 rings (SSSR count). The third-order valence-electron chi connectivity index (χ3n) is 7.26. The first-order chi connectivity index (χ1) is 15.8. The molecule has 1 aromatic carbocycles. The molecule has 2 aliphatic rings. The van der Waals surface area contributed by atoms with E-state index in [9.17, 15) is 8.42 Å². The maximum Gasteiger partial charge on any atom is 0.225 e. The summed E-state index contributed by atoms with van der Waals surface area (Å²) in [6.45, 7) is 6.44. The molecule has 3 heterocycles. The fourth-order valence-electron chi connectivity index (χ4n) is 5.02. The zero-order chi connectivity index (χ0) is 23.4. The van der Waals surface area contributed by atoms with Gasteiger partial charge in [0.1, 0.15) is 0 Å². The predicted octanol–water partition coefficient (Wildman–Crippen LogP) is 3.53. The number of sulfonamides is 1. The molecule has 7 nitrogen and oxygen atoms in total. The van der Waals surface area contributed by atoms with E-state index in [-0.39, 0.29) is 0 Å². The first-order valence-corrected chi connectivity index (χ1v) is 14.0. The summed E-state index contributed by atoms with van der Waals surface area (Å²) in [5.41, 5.74) is 3.75. The molecule has 2 saturated heterocycles. The van der Waals surface area contributed by atoms with Crippen LogP contribution >= 0.6 is 0 Å². The molecule has 180 valence electrons. The zero-order valence-electron chi connectivity index (χ0n) is 20.2. The van der Waals surface area contributed by atoms with Gasteiger partial charge in [0, 0.05) is 57.9 Å². The van der Waals surface area contributed by atoms with E-state index in [0.717, 1.165) is 57.7 Å². The summed E-state index contributed by atoms with van der Waals surface area (Å²) < 4.78 is 25.1. The quantitative estimate of drug-likeness (QED) is 0.615. The van der Waals surface area contributed by atoms with Crippen LogP contribution in [0, 0.1) is 5.92 Å². The molecule has 33 heavy (non-hydrogen) atoms. The number of benzene rings is 1. The number of aryl methyl sites for hydroxylation is 1. The molecule has 0 N–H and O–H groups in total. The number of hydrogen-bond donors (Lipinski definition) is 0. The van der Waals surface area contributed by atoms with Crippen LogP contribution in [0.3, 0.4) is 0 Å². The summed E-state index contributed by atoms with van der Waals surface area (Å²) in [4.78, 5) is 13.8. The van der Waals surface area contributed by atoms with Crippen LogP contribution in [-0.2, 0) is 16.4 Å². The Bertz CT molecular complexity index is 994. The summed E-state index contributed by atoms with van der Waals surface area (Å²) in [5, 5.41) is 0. The van der Waals surface area contributed by atoms with Crippen LogP contribution in [0.2, 0.25) is 0 Å². The summed E-state index contributed by atoms with van der Waals surface area (Å²) in [6.07, 6.45) is 10.3. The summed E-state index contributed by atoms with van der Waals surface area (Å²) in [7, 11) is -0.890. The van der Waals surface area contributed by atoms with E-state index in [2.05, 4.69) is 58.0 Å². The average Bonchev–Trinajstić information content (AvgIpc) is 2.84. The zero-order valence-corrected chi connectivity index (χ0v) is 21.0. The fraction of sp³-hybridized carbons (Fsp3) is 0.600. The predicted molar refractivity (Wildman–Crippen MR) is 134 cm³/mol. The molecule has 2 aromatic rings. The largest absolute Gasteiger partial charge is 0.374 e. The molecule has 0 aliphatic carbocycles. The Kier molecular flexibility index (Phi) is 7.54. The van der Waals surface area contributed by atoms with Crippen LogP contribution in [-0.4, -0.2) is 68.7 Å². The van der Waals surface area contributed by atoms with Gasteiger partial charge in [-0.05, 0) is 67.2 Å². The molecular formula is C25H37N5O2S. The second-order valence-corrected chi connectivity index (χ2v) is 11.6. The van der Waals surface area contributed by atoms with Gasteiger partial charge in [-0.25, -0.2) is 22.7 Å². The van der Waals surface area contributed by atoms with Gasteiger partial charge in [0.25, 0.3) is 0 Å². The van der Waals surface area contributed by atoms with Crippen molar-refractivity contribution in [3.05, 3.63) is 47.8 Å². The van der Waals surface area contributed by atoms with E-state index in [0.29, 0.717) is 24.9 Å². The third kappa shape index (κ3) is 6.03. The highest BCUT2D eigenvalue weighted by Gasteiger charge is 2.26. The van der Waals surface area contributed by atoms with Gasteiger partial charge in [-0.15, -0.1) is 0 Å². The summed E-state index contributed by atoms with van der Waals surface area (Å²) in [5.74, 6) is 1.97. The summed E-state index contributed by atoms with van der Waals surface area (Å²) >= 11 is 0. The monoisotopic (exact) mass is 471 g/mol. The molecule has 2 aliphatic heterocycles. The van der Waals surface area contributed by atoms with Gasteiger partial charge < -0.3 is 9.80 Å². The number of hydrogen-bond acceptors (Lipinski definition) is 6. The van der Waals surface area contributed by atoms with Crippen LogP contribution in [0.4, 0.5) is 11.6 Å². The lowest BCUT2D eigenvalue weighted by atomic mass is 9.90. The van der Waals surface area contributed by atoms with E-state index in [4.69, 9.17) is 0 Å². The molecule has 8 heteroatoms. The Balaban J connectivity index is 1.26. The van der Waals surface area contributed by atoms with Gasteiger partial charge in [-0.2, -0.15) is 0 Å². The number of nitrogens with zero attached hydrogens (tertiary/aromatic N) is 5. The topological polar surface area (TPSA) is 69.6 Å². The average molecular weight is 472 g/mol. The second-order valence-electron chi connectivity index (χ2n) is 9.58. The van der Waals surface area contributed by atoms with Crippen molar-refractivity contribution in [1.82, 2.24) is 14.3 Å². The minimum Gasteiger partial charge on any atom is -0.374 e. The van der Waals surface area contributed by atoms with Gasteiger partial charge in [-0.1, -0.05) is 19.1 Å². The number of rotatable bonds is 7. The smallest absolute Gasteiger partial charge is 0.225 e. The first kappa shape index (κ1) is 24.0. The van der Waals surface area contributed by atoms with Crippen molar-refractivity contribution >= 4 is 21.7 Å². The minimum atomic E-state index is -3.07. The molecule has 0 bridgehead atoms. The highest BCUT2D eigenvalue weighted by Crippen LogP contribution is 2.30. The lowest BCUT2D eigenvalue weighted by molar-refractivity contribution is 0.321. The SMILES string of the molecule is CCc1cnc(N2CCC(CN(C)c3ccc(C4CCN(S(C)(=O)=O)CC4)cc3)CC2)nc1. The van der Waals surface area contributed by atoms with Crippen LogP contribution in [0.5, 0.6) is 0 Å². The molecular weight excluding hydrogens is 434 g/mol. The van der Waals surface area contributed by atoms with Crippen molar-refractivity contribution < 1.29 is 8.42 Å². The maximum atomic E-state index is 11.7. The molecule has 0 spiro atoms. The Hall–Kier alpha value is -2.19. The number of anilines is 2. The molecule has 0 amide bonds. The van der Waals surface area contributed by atoms with Crippen LogP contribution < -0.4 is 9.80 Å². The number of piperidine rings is 2. The standard InChI is InChI=1S/C25H37N5O2S/c1-4-20-17-26-25(27-18-20)29-13-9-21(10-14-29)19-28(2)24-7-5-22(6-8-24)23-11-15-30(16-12-23)33(3,31)32/h5-8,17-18,21,23H,4,9-16,19H2,1-3H3. The Labute approximate surface area is 198 Å². The fourth-order valence-corrected chi connectivity index (χ4v) is 5.90. The lowest BCUT2D eigenvalue weighted by Crippen LogP contribution is -2.38. The van der Waals surface area contributed by atoms with Gasteiger partial charge in [-0.3, -0.25) is 0 Å². The van der Waals surface area contributed by atoms with Gasteiger partial charge in [0.05, 0.1) is 6.26 Å². The molecule has 0 atom stereocenters. The second kappa shape index (κ2) is 10.4. The first-order valence-electron chi connectivity index (χ1n) is 12.2. The Morgan fingerprint density at radius 2 is 1.58 bits per heavy atom. The highest BCUT2D eigenvalue weighted by atomic mass is 32.2. The van der Waals surface area contributed by atoms with Crippen LogP contribution in [0.25, 0.3) is 0 Å². The van der Waals surface area contributed by atoms with Gasteiger partial charge in [0.15, 0.2) is 0 Å². The highest BCUT2D eigenvalue weighted by molar-refractivity contribution is 7.88. The van der Waals surface area contributed by atoms with E-state index in [1.165, 1.54) is 23.1 Å². The van der Waals surface area contributed by atoms with E-state index >= 15 is 0 Å². The maximum absolute atomic E-state index is 11.7. The molecule has 0 saturated carbocycles.